The van der Waals surface area contributed by atoms with Crippen LogP contribution in [-0.4, -0.2) is 29.2 Å². The van der Waals surface area contributed by atoms with Gasteiger partial charge in [-0.1, -0.05) is 30.7 Å². The second kappa shape index (κ2) is 8.05. The van der Waals surface area contributed by atoms with Crippen molar-refractivity contribution in [3.05, 3.63) is 51.4 Å². The third-order valence-corrected chi connectivity index (χ3v) is 5.40. The Morgan fingerprint density at radius 1 is 1.29 bits per heavy atom. The Labute approximate surface area is 173 Å². The molecule has 7 heteroatoms. The van der Waals surface area contributed by atoms with E-state index < -0.39 is 17.6 Å². The average molecular weight is 419 g/mol. The fourth-order valence-electron chi connectivity index (χ4n) is 2.99. The van der Waals surface area contributed by atoms with Crippen LogP contribution in [0.2, 0.25) is 5.02 Å². The number of carbonyl (C=O) groups is 2. The van der Waals surface area contributed by atoms with Gasteiger partial charge in [0, 0.05) is 16.1 Å². The minimum atomic E-state index is -0.857. The van der Waals surface area contributed by atoms with E-state index in [2.05, 4.69) is 12.2 Å². The molecule has 0 fully saturated rings. The SMILES string of the molecule is CCc1csc2c1C(c1ccc(Cl)cc1)=N[C@@H](CC(=O)OC(C)(C)C)C(=O)N2. The van der Waals surface area contributed by atoms with Gasteiger partial charge in [0.25, 0.3) is 0 Å². The van der Waals surface area contributed by atoms with Gasteiger partial charge in [-0.15, -0.1) is 11.3 Å². The molecular weight excluding hydrogens is 396 g/mol. The Morgan fingerprint density at radius 3 is 2.57 bits per heavy atom. The topological polar surface area (TPSA) is 67.8 Å². The summed E-state index contributed by atoms with van der Waals surface area (Å²) in [5.74, 6) is -0.756. The number of nitrogens with zero attached hydrogens (tertiary/aromatic N) is 1. The molecular formula is C21H23ClN2O3S. The predicted octanol–water partition coefficient (Wildman–Crippen LogP) is 4.85. The van der Waals surface area contributed by atoms with Crippen LogP contribution in [0.1, 0.15) is 50.8 Å². The third kappa shape index (κ3) is 4.62. The highest BCUT2D eigenvalue weighted by Gasteiger charge is 2.31. The largest absolute Gasteiger partial charge is 0.460 e. The second-order valence-corrected chi connectivity index (χ2v) is 8.91. The Hall–Kier alpha value is -2.18. The van der Waals surface area contributed by atoms with Crippen LogP contribution >= 0.6 is 22.9 Å². The van der Waals surface area contributed by atoms with E-state index in [1.54, 1.807) is 32.9 Å². The number of fused-ring (bicyclic) bond motifs is 1. The molecule has 1 aliphatic rings. The number of nitrogens with one attached hydrogen (secondary N) is 1. The van der Waals surface area contributed by atoms with E-state index in [9.17, 15) is 9.59 Å². The van der Waals surface area contributed by atoms with Crippen molar-refractivity contribution in [2.45, 2.75) is 52.2 Å². The minimum absolute atomic E-state index is 0.114. The highest BCUT2D eigenvalue weighted by Crippen LogP contribution is 2.34. The van der Waals surface area contributed by atoms with Crippen LogP contribution in [0.25, 0.3) is 0 Å². The number of thiophene rings is 1. The van der Waals surface area contributed by atoms with E-state index >= 15 is 0 Å². The van der Waals surface area contributed by atoms with Crippen LogP contribution in [0.15, 0.2) is 34.6 Å². The molecule has 1 N–H and O–H groups in total. The minimum Gasteiger partial charge on any atom is -0.460 e. The first-order valence-corrected chi connectivity index (χ1v) is 10.4. The lowest BCUT2D eigenvalue weighted by atomic mass is 9.99. The lowest BCUT2D eigenvalue weighted by Gasteiger charge is -2.20. The number of aliphatic imine (C=N–C) groups is 1. The molecule has 0 saturated carbocycles. The Kier molecular flexibility index (Phi) is 5.91. The van der Waals surface area contributed by atoms with Crippen LogP contribution in [0.4, 0.5) is 5.00 Å². The number of hydrogen-bond donors (Lipinski definition) is 1. The molecule has 0 aliphatic carbocycles. The number of amides is 1. The molecule has 0 unspecified atom stereocenters. The van der Waals surface area contributed by atoms with Gasteiger partial charge in [-0.2, -0.15) is 0 Å². The first kappa shape index (κ1) is 20.6. The zero-order chi connectivity index (χ0) is 20.5. The number of rotatable bonds is 4. The highest BCUT2D eigenvalue weighted by atomic mass is 35.5. The Bertz CT molecular complexity index is 926. The van der Waals surface area contributed by atoms with Crippen LogP contribution < -0.4 is 5.32 Å². The quantitative estimate of drug-likeness (QED) is 0.721. The first-order chi connectivity index (χ1) is 13.2. The third-order valence-electron chi connectivity index (χ3n) is 4.21. The highest BCUT2D eigenvalue weighted by molar-refractivity contribution is 7.15. The van der Waals surface area contributed by atoms with Crippen molar-refractivity contribution in [1.82, 2.24) is 0 Å². The summed E-state index contributed by atoms with van der Waals surface area (Å²) in [6.45, 7) is 7.45. The fourth-order valence-corrected chi connectivity index (χ4v) is 4.16. The molecule has 0 bridgehead atoms. The summed E-state index contributed by atoms with van der Waals surface area (Å²) in [4.78, 5) is 29.8. The van der Waals surface area contributed by atoms with Gasteiger partial charge >= 0.3 is 5.97 Å². The summed E-state index contributed by atoms with van der Waals surface area (Å²) in [7, 11) is 0. The normalized spacial score (nSPS) is 16.7. The molecule has 1 aliphatic heterocycles. The lowest BCUT2D eigenvalue weighted by Crippen LogP contribution is -2.31. The van der Waals surface area contributed by atoms with E-state index in [4.69, 9.17) is 21.3 Å². The molecule has 5 nitrogen and oxygen atoms in total. The van der Waals surface area contributed by atoms with E-state index in [1.807, 2.05) is 17.5 Å². The van der Waals surface area contributed by atoms with Crippen molar-refractivity contribution in [3.63, 3.8) is 0 Å². The maximum absolute atomic E-state index is 12.8. The number of aryl methyl sites for hydroxylation is 1. The molecule has 148 valence electrons. The van der Waals surface area contributed by atoms with Gasteiger partial charge in [-0.25, -0.2) is 0 Å². The van der Waals surface area contributed by atoms with Gasteiger partial charge in [0.05, 0.1) is 12.1 Å². The van der Waals surface area contributed by atoms with Crippen molar-refractivity contribution in [3.8, 4) is 0 Å². The molecule has 1 aromatic heterocycles. The van der Waals surface area contributed by atoms with Crippen LogP contribution in [0.3, 0.4) is 0 Å². The molecule has 1 amide bonds. The standard InChI is InChI=1S/C21H23ClN2O3S/c1-5-12-11-28-20-17(12)18(13-6-8-14(22)9-7-13)23-15(19(26)24-20)10-16(25)27-21(2,3)4/h6-9,11,15H,5,10H2,1-4H3,(H,24,26)/t15-/m0/s1. The number of anilines is 1. The van der Waals surface area contributed by atoms with E-state index in [1.165, 1.54) is 11.3 Å². The van der Waals surface area contributed by atoms with E-state index in [0.717, 1.165) is 28.1 Å². The van der Waals surface area contributed by atoms with Crippen molar-refractivity contribution < 1.29 is 14.3 Å². The summed E-state index contributed by atoms with van der Waals surface area (Å²) in [6, 6.07) is 6.48. The van der Waals surface area contributed by atoms with Crippen LogP contribution in [0, 0.1) is 0 Å². The van der Waals surface area contributed by atoms with Gasteiger partial charge in [-0.3, -0.25) is 14.6 Å². The predicted molar refractivity (Wildman–Crippen MR) is 114 cm³/mol. The van der Waals surface area contributed by atoms with Gasteiger partial charge in [-0.05, 0) is 50.3 Å². The van der Waals surface area contributed by atoms with E-state index in [-0.39, 0.29) is 12.3 Å². The van der Waals surface area contributed by atoms with Crippen molar-refractivity contribution in [2.24, 2.45) is 4.99 Å². The maximum atomic E-state index is 12.8. The zero-order valence-electron chi connectivity index (χ0n) is 16.3. The Balaban J connectivity index is 2.04. The monoisotopic (exact) mass is 418 g/mol. The second-order valence-electron chi connectivity index (χ2n) is 7.60. The number of ether oxygens (including phenoxy) is 1. The van der Waals surface area contributed by atoms with Gasteiger partial charge in [0.15, 0.2) is 0 Å². The molecule has 1 atom stereocenters. The van der Waals surface area contributed by atoms with Gasteiger partial charge < -0.3 is 10.1 Å². The summed E-state index contributed by atoms with van der Waals surface area (Å²) < 4.78 is 5.39. The Morgan fingerprint density at radius 2 is 1.96 bits per heavy atom. The molecule has 2 heterocycles. The number of esters is 1. The molecule has 0 radical (unpaired) electrons. The van der Waals surface area contributed by atoms with Gasteiger partial charge in [0.1, 0.15) is 16.6 Å². The van der Waals surface area contributed by atoms with Crippen molar-refractivity contribution in [2.75, 3.05) is 5.32 Å². The summed E-state index contributed by atoms with van der Waals surface area (Å²) in [5, 5.41) is 6.35. The van der Waals surface area contributed by atoms with Gasteiger partial charge in [0.2, 0.25) is 5.91 Å². The summed E-state index contributed by atoms with van der Waals surface area (Å²) in [5.41, 5.74) is 2.94. The molecule has 1 aromatic carbocycles. The lowest BCUT2D eigenvalue weighted by molar-refractivity contribution is -0.155. The molecule has 28 heavy (non-hydrogen) atoms. The summed E-state index contributed by atoms with van der Waals surface area (Å²) >= 11 is 7.51. The van der Waals surface area contributed by atoms with Crippen LogP contribution in [0.5, 0.6) is 0 Å². The average Bonchev–Trinajstić information content (AvgIpc) is 2.94. The number of hydrogen-bond acceptors (Lipinski definition) is 5. The molecule has 3 rings (SSSR count). The smallest absolute Gasteiger partial charge is 0.309 e. The number of halogens is 1. The fraction of sp³-hybridized carbons (Fsp3) is 0.381. The van der Waals surface area contributed by atoms with Crippen LogP contribution in [-0.2, 0) is 20.7 Å². The molecule has 0 spiro atoms. The summed E-state index contributed by atoms with van der Waals surface area (Å²) in [6.07, 6.45) is 0.696. The van der Waals surface area contributed by atoms with Crippen molar-refractivity contribution in [1.29, 1.82) is 0 Å². The van der Waals surface area contributed by atoms with E-state index in [0.29, 0.717) is 10.7 Å². The number of benzene rings is 1. The molecule has 0 saturated heterocycles. The first-order valence-electron chi connectivity index (χ1n) is 9.15. The molecule has 2 aromatic rings. The zero-order valence-corrected chi connectivity index (χ0v) is 17.9. The number of carbonyl (C=O) groups excluding carboxylic acids is 2. The van der Waals surface area contributed by atoms with Crippen molar-refractivity contribution >= 4 is 45.5 Å². The maximum Gasteiger partial charge on any atom is 0.309 e.